The van der Waals surface area contributed by atoms with Crippen LogP contribution in [-0.2, 0) is 17.3 Å². The van der Waals surface area contributed by atoms with Crippen molar-refractivity contribution in [2.45, 2.75) is 51.2 Å². The highest BCUT2D eigenvalue weighted by atomic mass is 19.3. The Balaban J connectivity index is 1.54. The highest BCUT2D eigenvalue weighted by Crippen LogP contribution is 2.29. The zero-order valence-electron chi connectivity index (χ0n) is 18.0. The summed E-state index contributed by atoms with van der Waals surface area (Å²) in [4.78, 5) is 0. The lowest BCUT2D eigenvalue weighted by Gasteiger charge is -2.17. The average Bonchev–Trinajstić information content (AvgIpc) is 2.74. The highest BCUT2D eigenvalue weighted by molar-refractivity contribution is 5.40. The van der Waals surface area contributed by atoms with Gasteiger partial charge < -0.3 is 25.4 Å². The zero-order valence-corrected chi connectivity index (χ0v) is 18.0. The molecule has 0 spiro atoms. The summed E-state index contributed by atoms with van der Waals surface area (Å²) < 4.78 is 33.4. The molecule has 0 bridgehead atoms. The third kappa shape index (κ3) is 8.18. The van der Waals surface area contributed by atoms with Crippen molar-refractivity contribution in [2.75, 3.05) is 26.3 Å². The molecule has 0 radical (unpaired) electrons. The molecule has 7 heteroatoms. The smallest absolute Gasteiger partial charge is 0.296 e. The summed E-state index contributed by atoms with van der Waals surface area (Å²) in [5.74, 6) is -3.01. The number of aliphatic hydroxyl groups excluding tert-OH is 2. The van der Waals surface area contributed by atoms with Crippen molar-refractivity contribution >= 4 is 0 Å². The number of unbranched alkanes of at least 4 members (excludes halogenated alkanes) is 3. The van der Waals surface area contributed by atoms with Gasteiger partial charge in [-0.2, -0.15) is 8.78 Å². The fraction of sp³-hybridized carbons (Fsp3) is 0.500. The van der Waals surface area contributed by atoms with E-state index in [1.807, 2.05) is 0 Å². The summed E-state index contributed by atoms with van der Waals surface area (Å²) in [5, 5.41) is 32.5. The normalized spacial score (nSPS) is 12.8. The summed E-state index contributed by atoms with van der Waals surface area (Å²) >= 11 is 0. The topological polar surface area (TPSA) is 82.0 Å². The quantitative estimate of drug-likeness (QED) is 0.333. The number of rotatable bonds is 14. The molecule has 5 nitrogen and oxygen atoms in total. The molecule has 0 fully saturated rings. The fourth-order valence-electron chi connectivity index (χ4n) is 3.39. The number of alkyl halides is 2. The first-order valence-electron chi connectivity index (χ1n) is 10.7. The predicted molar refractivity (Wildman–Crippen MR) is 116 cm³/mol. The van der Waals surface area contributed by atoms with Gasteiger partial charge in [-0.15, -0.1) is 0 Å². The van der Waals surface area contributed by atoms with Crippen LogP contribution in [-0.4, -0.2) is 41.6 Å². The van der Waals surface area contributed by atoms with Gasteiger partial charge in [-0.1, -0.05) is 54.8 Å². The molecule has 1 atom stereocenters. The van der Waals surface area contributed by atoms with Crippen molar-refractivity contribution in [3.8, 4) is 5.75 Å². The molecule has 0 amide bonds. The number of hydrogen-bond acceptors (Lipinski definition) is 5. The van der Waals surface area contributed by atoms with Gasteiger partial charge in [0.15, 0.2) is 0 Å². The molecular weight excluding hydrogens is 404 g/mol. The molecule has 2 aromatic carbocycles. The molecule has 0 unspecified atom stereocenters. The van der Waals surface area contributed by atoms with E-state index < -0.39 is 18.6 Å². The van der Waals surface area contributed by atoms with E-state index in [1.54, 1.807) is 31.2 Å². The summed E-state index contributed by atoms with van der Waals surface area (Å²) in [7, 11) is 0. The first kappa shape index (κ1) is 25.2. The van der Waals surface area contributed by atoms with Crippen LogP contribution in [0.4, 0.5) is 8.78 Å². The van der Waals surface area contributed by atoms with E-state index in [9.17, 15) is 24.1 Å². The van der Waals surface area contributed by atoms with Crippen LogP contribution in [0, 0.1) is 6.92 Å². The lowest BCUT2D eigenvalue weighted by molar-refractivity contribution is -0.0831. The highest BCUT2D eigenvalue weighted by Gasteiger charge is 2.31. The standard InChI is InChI=1S/C24H33F2NO4/c1-18-8-6-9-19(14-18)24(25,26)17-31-13-5-3-2-4-12-27-15-23(30)20-10-7-11-22(29)21(20)16-28/h6-11,14,23,27-30H,2-5,12-13,15-17H2,1H3/t23-/m0/s1. The molecule has 31 heavy (non-hydrogen) atoms. The van der Waals surface area contributed by atoms with E-state index in [0.717, 1.165) is 31.2 Å². The molecular formula is C24H33F2NO4. The molecule has 0 aliphatic rings. The maximum absolute atomic E-state index is 14.1. The number of benzene rings is 2. The Morgan fingerprint density at radius 3 is 2.55 bits per heavy atom. The third-order valence-corrected chi connectivity index (χ3v) is 5.16. The van der Waals surface area contributed by atoms with Crippen LogP contribution in [0.3, 0.4) is 0 Å². The van der Waals surface area contributed by atoms with Gasteiger partial charge in [0.05, 0.1) is 12.7 Å². The molecule has 0 saturated carbocycles. The van der Waals surface area contributed by atoms with E-state index in [-0.39, 0.29) is 17.9 Å². The number of halogens is 2. The van der Waals surface area contributed by atoms with Gasteiger partial charge in [0.25, 0.3) is 5.92 Å². The van der Waals surface area contributed by atoms with Crippen molar-refractivity contribution in [1.29, 1.82) is 0 Å². The molecule has 0 aliphatic heterocycles. The minimum Gasteiger partial charge on any atom is -0.508 e. The van der Waals surface area contributed by atoms with Crippen LogP contribution < -0.4 is 5.32 Å². The monoisotopic (exact) mass is 437 g/mol. The second-order valence-electron chi connectivity index (χ2n) is 7.76. The minimum atomic E-state index is -2.98. The van der Waals surface area contributed by atoms with Crippen LogP contribution in [0.2, 0.25) is 0 Å². The van der Waals surface area contributed by atoms with Crippen LogP contribution in [0.1, 0.15) is 54.0 Å². The largest absolute Gasteiger partial charge is 0.508 e. The van der Waals surface area contributed by atoms with E-state index >= 15 is 0 Å². The SMILES string of the molecule is Cc1cccc(C(F)(F)COCCCCCCNC[C@H](O)c2cccc(O)c2CO)c1. The number of aliphatic hydroxyl groups is 2. The molecule has 0 aromatic heterocycles. The molecule has 2 rings (SSSR count). The van der Waals surface area contributed by atoms with Gasteiger partial charge in [0.1, 0.15) is 12.4 Å². The minimum absolute atomic E-state index is 0.0161. The van der Waals surface area contributed by atoms with E-state index in [2.05, 4.69) is 5.32 Å². The van der Waals surface area contributed by atoms with Crippen LogP contribution in [0.15, 0.2) is 42.5 Å². The van der Waals surface area contributed by atoms with Crippen LogP contribution >= 0.6 is 0 Å². The van der Waals surface area contributed by atoms with Gasteiger partial charge >= 0.3 is 0 Å². The van der Waals surface area contributed by atoms with Gasteiger partial charge in [-0.3, -0.25) is 0 Å². The number of ether oxygens (including phenoxy) is 1. The maximum atomic E-state index is 14.1. The zero-order chi connectivity index (χ0) is 22.7. The summed E-state index contributed by atoms with van der Waals surface area (Å²) in [5.41, 5.74) is 1.63. The molecule has 2 aromatic rings. The first-order chi connectivity index (χ1) is 14.8. The number of hydrogen-bond donors (Lipinski definition) is 4. The Kier molecular flexibility index (Phi) is 10.3. The summed E-state index contributed by atoms with van der Waals surface area (Å²) in [6.07, 6.45) is 2.59. The summed E-state index contributed by atoms with van der Waals surface area (Å²) in [6, 6.07) is 11.1. The van der Waals surface area contributed by atoms with Crippen molar-refractivity contribution in [1.82, 2.24) is 5.32 Å². The number of phenols is 1. The van der Waals surface area contributed by atoms with Gasteiger partial charge in [0, 0.05) is 24.3 Å². The molecule has 172 valence electrons. The third-order valence-electron chi connectivity index (χ3n) is 5.16. The van der Waals surface area contributed by atoms with E-state index in [0.29, 0.717) is 30.8 Å². The van der Waals surface area contributed by atoms with Crippen molar-refractivity contribution in [2.24, 2.45) is 0 Å². The van der Waals surface area contributed by atoms with Crippen LogP contribution in [0.25, 0.3) is 0 Å². The Hall–Kier alpha value is -2.06. The first-order valence-corrected chi connectivity index (χ1v) is 10.7. The van der Waals surface area contributed by atoms with Crippen LogP contribution in [0.5, 0.6) is 5.75 Å². The molecule has 0 saturated heterocycles. The number of nitrogens with one attached hydrogen (secondary N) is 1. The lowest BCUT2D eigenvalue weighted by atomic mass is 10.0. The second kappa shape index (κ2) is 12.7. The van der Waals surface area contributed by atoms with E-state index in [4.69, 9.17) is 4.74 Å². The Morgan fingerprint density at radius 2 is 1.81 bits per heavy atom. The Morgan fingerprint density at radius 1 is 1.06 bits per heavy atom. The lowest BCUT2D eigenvalue weighted by Crippen LogP contribution is -2.23. The Bertz CT molecular complexity index is 801. The Labute approximate surface area is 182 Å². The van der Waals surface area contributed by atoms with Gasteiger partial charge in [-0.05, 0) is 37.9 Å². The van der Waals surface area contributed by atoms with Gasteiger partial charge in [-0.25, -0.2) is 0 Å². The second-order valence-corrected chi connectivity index (χ2v) is 7.76. The average molecular weight is 438 g/mol. The van der Waals surface area contributed by atoms with Crippen molar-refractivity contribution in [3.05, 3.63) is 64.7 Å². The van der Waals surface area contributed by atoms with E-state index in [1.165, 1.54) is 18.2 Å². The fourth-order valence-corrected chi connectivity index (χ4v) is 3.39. The number of aromatic hydroxyl groups is 1. The maximum Gasteiger partial charge on any atom is 0.296 e. The molecule has 4 N–H and O–H groups in total. The van der Waals surface area contributed by atoms with Crippen molar-refractivity contribution in [3.63, 3.8) is 0 Å². The predicted octanol–water partition coefficient (Wildman–Crippen LogP) is 4.18. The number of aryl methyl sites for hydroxylation is 1. The summed E-state index contributed by atoms with van der Waals surface area (Å²) in [6.45, 7) is 2.16. The van der Waals surface area contributed by atoms with Gasteiger partial charge in [0.2, 0.25) is 0 Å². The van der Waals surface area contributed by atoms with Crippen molar-refractivity contribution < 1.29 is 28.8 Å². The molecule has 0 heterocycles. The molecule has 0 aliphatic carbocycles.